The smallest absolute Gasteiger partial charge is 0.191 e. The molecule has 26 heavy (non-hydrogen) atoms. The zero-order chi connectivity index (χ0) is 18.1. The Labute approximate surface area is 177 Å². The number of ether oxygens (including phenoxy) is 1. The first kappa shape index (κ1) is 22.7. The van der Waals surface area contributed by atoms with Gasteiger partial charge in [-0.1, -0.05) is 32.0 Å². The molecule has 7 heteroatoms. The normalized spacial score (nSPS) is 11.2. The van der Waals surface area contributed by atoms with Gasteiger partial charge >= 0.3 is 0 Å². The number of benzene rings is 1. The number of guanidine groups is 1. The van der Waals surface area contributed by atoms with Gasteiger partial charge in [0.25, 0.3) is 0 Å². The number of hydrogen-bond acceptors (Lipinski definition) is 4. The van der Waals surface area contributed by atoms with Gasteiger partial charge in [-0.2, -0.15) is 0 Å². The molecule has 1 aromatic heterocycles. The van der Waals surface area contributed by atoms with Crippen molar-refractivity contribution in [3.63, 3.8) is 0 Å². The second-order valence-electron chi connectivity index (χ2n) is 6.08. The van der Waals surface area contributed by atoms with Crippen LogP contribution in [0.1, 0.15) is 35.2 Å². The zero-order valence-corrected chi connectivity index (χ0v) is 19.1. The molecule has 144 valence electrons. The SMILES string of the molecule is CN=C(NCCOc1ccccc1C(C)C)NCCc1ncc(C)s1.I. The predicted octanol–water partition coefficient (Wildman–Crippen LogP) is 3.98. The monoisotopic (exact) mass is 488 g/mol. The minimum atomic E-state index is 0. The number of aryl methyl sites for hydroxylation is 1. The van der Waals surface area contributed by atoms with Gasteiger partial charge in [0.15, 0.2) is 5.96 Å². The molecule has 1 aromatic carbocycles. The molecule has 1 heterocycles. The molecule has 2 aromatic rings. The van der Waals surface area contributed by atoms with Crippen molar-refractivity contribution in [1.82, 2.24) is 15.6 Å². The summed E-state index contributed by atoms with van der Waals surface area (Å²) in [6.07, 6.45) is 2.82. The molecule has 0 saturated heterocycles. The summed E-state index contributed by atoms with van der Waals surface area (Å²) in [5, 5.41) is 7.73. The number of thiazole rings is 1. The van der Waals surface area contributed by atoms with Gasteiger partial charge in [-0.05, 0) is 24.5 Å². The Balaban J connectivity index is 0.00000338. The molecule has 0 radical (unpaired) electrons. The van der Waals surface area contributed by atoms with Crippen LogP contribution in [0.3, 0.4) is 0 Å². The predicted molar refractivity (Wildman–Crippen MR) is 121 cm³/mol. The highest BCUT2D eigenvalue weighted by Gasteiger charge is 2.06. The molecule has 0 bridgehead atoms. The quantitative estimate of drug-likeness (QED) is 0.256. The van der Waals surface area contributed by atoms with Crippen molar-refractivity contribution in [2.75, 3.05) is 26.7 Å². The van der Waals surface area contributed by atoms with E-state index >= 15 is 0 Å². The van der Waals surface area contributed by atoms with E-state index in [9.17, 15) is 0 Å². The highest BCUT2D eigenvalue weighted by atomic mass is 127. The Morgan fingerprint density at radius 1 is 1.23 bits per heavy atom. The summed E-state index contributed by atoms with van der Waals surface area (Å²) >= 11 is 1.74. The molecule has 0 aliphatic rings. The average molecular weight is 488 g/mol. The molecule has 2 rings (SSSR count). The van der Waals surface area contributed by atoms with Gasteiger partial charge in [0, 0.05) is 31.1 Å². The van der Waals surface area contributed by atoms with Gasteiger partial charge in [-0.25, -0.2) is 4.98 Å². The molecule has 0 aliphatic carbocycles. The molecule has 0 saturated carbocycles. The molecular formula is C19H29IN4OS. The fraction of sp³-hybridized carbons (Fsp3) is 0.474. The Hall–Kier alpha value is -1.35. The number of aliphatic imine (C=N–C) groups is 1. The third-order valence-corrected chi connectivity index (χ3v) is 4.69. The summed E-state index contributed by atoms with van der Waals surface area (Å²) < 4.78 is 5.92. The van der Waals surface area contributed by atoms with Crippen molar-refractivity contribution in [3.8, 4) is 5.75 Å². The molecule has 0 unspecified atom stereocenters. The van der Waals surface area contributed by atoms with Gasteiger partial charge < -0.3 is 15.4 Å². The van der Waals surface area contributed by atoms with Crippen LogP contribution in [0.5, 0.6) is 5.75 Å². The fourth-order valence-electron chi connectivity index (χ4n) is 2.44. The Bertz CT molecular complexity index is 688. The lowest BCUT2D eigenvalue weighted by Crippen LogP contribution is -2.40. The summed E-state index contributed by atoms with van der Waals surface area (Å²) in [5.74, 6) is 2.20. The molecule has 5 nitrogen and oxygen atoms in total. The lowest BCUT2D eigenvalue weighted by Gasteiger charge is -2.15. The third-order valence-electron chi connectivity index (χ3n) is 3.72. The maximum Gasteiger partial charge on any atom is 0.191 e. The van der Waals surface area contributed by atoms with E-state index in [1.165, 1.54) is 10.4 Å². The van der Waals surface area contributed by atoms with Gasteiger partial charge in [-0.15, -0.1) is 35.3 Å². The molecular weight excluding hydrogens is 459 g/mol. The molecule has 0 aliphatic heterocycles. The number of hydrogen-bond donors (Lipinski definition) is 2. The fourth-order valence-corrected chi connectivity index (χ4v) is 3.23. The van der Waals surface area contributed by atoms with Crippen molar-refractivity contribution < 1.29 is 4.74 Å². The molecule has 0 fully saturated rings. The van der Waals surface area contributed by atoms with Crippen molar-refractivity contribution in [3.05, 3.63) is 45.9 Å². The molecule has 0 atom stereocenters. The highest BCUT2D eigenvalue weighted by Crippen LogP contribution is 2.25. The van der Waals surface area contributed by atoms with E-state index in [1.807, 2.05) is 18.3 Å². The van der Waals surface area contributed by atoms with Crippen LogP contribution in [-0.2, 0) is 6.42 Å². The summed E-state index contributed by atoms with van der Waals surface area (Å²) in [5.41, 5.74) is 1.24. The van der Waals surface area contributed by atoms with Gasteiger partial charge in [0.1, 0.15) is 12.4 Å². The number of nitrogens with one attached hydrogen (secondary N) is 2. The Morgan fingerprint density at radius 3 is 2.62 bits per heavy atom. The van der Waals surface area contributed by atoms with Gasteiger partial charge in [-0.3, -0.25) is 4.99 Å². The van der Waals surface area contributed by atoms with Gasteiger partial charge in [0.05, 0.1) is 11.6 Å². The Kier molecular flexibility index (Phi) is 10.6. The van der Waals surface area contributed by atoms with E-state index in [0.717, 1.165) is 29.7 Å². The number of nitrogens with zero attached hydrogens (tertiary/aromatic N) is 2. The van der Waals surface area contributed by atoms with Crippen molar-refractivity contribution in [2.45, 2.75) is 33.1 Å². The van der Waals surface area contributed by atoms with E-state index < -0.39 is 0 Å². The van der Waals surface area contributed by atoms with E-state index in [4.69, 9.17) is 4.74 Å². The van der Waals surface area contributed by atoms with Gasteiger partial charge in [0.2, 0.25) is 0 Å². The number of halogens is 1. The highest BCUT2D eigenvalue weighted by molar-refractivity contribution is 14.0. The largest absolute Gasteiger partial charge is 0.491 e. The number of aromatic nitrogens is 1. The summed E-state index contributed by atoms with van der Waals surface area (Å²) in [7, 11) is 1.78. The lowest BCUT2D eigenvalue weighted by molar-refractivity contribution is 0.317. The lowest BCUT2D eigenvalue weighted by atomic mass is 10.0. The van der Waals surface area contributed by atoms with Crippen LogP contribution in [0, 0.1) is 6.92 Å². The molecule has 0 amide bonds. The van der Waals surface area contributed by atoms with Crippen LogP contribution in [0.2, 0.25) is 0 Å². The summed E-state index contributed by atoms with van der Waals surface area (Å²) in [6.45, 7) is 8.53. The maximum absolute atomic E-state index is 5.92. The van der Waals surface area contributed by atoms with E-state index in [1.54, 1.807) is 18.4 Å². The molecule has 2 N–H and O–H groups in total. The minimum absolute atomic E-state index is 0. The topological polar surface area (TPSA) is 58.5 Å². The third kappa shape index (κ3) is 7.49. The average Bonchev–Trinajstić information content (AvgIpc) is 3.02. The zero-order valence-electron chi connectivity index (χ0n) is 15.9. The van der Waals surface area contributed by atoms with Crippen molar-refractivity contribution in [2.24, 2.45) is 4.99 Å². The second-order valence-corrected chi connectivity index (χ2v) is 7.40. The first-order chi connectivity index (χ1) is 12.1. The summed E-state index contributed by atoms with van der Waals surface area (Å²) in [6, 6.07) is 8.21. The van der Waals surface area contributed by atoms with Crippen LogP contribution in [-0.4, -0.2) is 37.7 Å². The van der Waals surface area contributed by atoms with E-state index in [2.05, 4.69) is 53.5 Å². The number of rotatable bonds is 8. The second kappa shape index (κ2) is 12.1. The maximum atomic E-state index is 5.92. The first-order valence-corrected chi connectivity index (χ1v) is 9.49. The molecule has 0 spiro atoms. The van der Waals surface area contributed by atoms with Crippen molar-refractivity contribution in [1.29, 1.82) is 0 Å². The van der Waals surface area contributed by atoms with Crippen LogP contribution >= 0.6 is 35.3 Å². The Morgan fingerprint density at radius 2 is 1.96 bits per heavy atom. The summed E-state index contributed by atoms with van der Waals surface area (Å²) in [4.78, 5) is 9.85. The van der Waals surface area contributed by atoms with E-state index in [0.29, 0.717) is 19.1 Å². The van der Waals surface area contributed by atoms with E-state index in [-0.39, 0.29) is 24.0 Å². The van der Waals surface area contributed by atoms with Crippen LogP contribution in [0.15, 0.2) is 35.5 Å². The van der Waals surface area contributed by atoms with Crippen molar-refractivity contribution >= 4 is 41.3 Å². The van der Waals surface area contributed by atoms with Crippen LogP contribution < -0.4 is 15.4 Å². The first-order valence-electron chi connectivity index (χ1n) is 8.67. The standard InChI is InChI=1S/C19H28N4OS.HI/c1-14(2)16-7-5-6-8-17(16)24-12-11-22-19(20-4)21-10-9-18-23-13-15(3)25-18;/h5-8,13-14H,9-12H2,1-4H3,(H2,20,21,22);1H. The minimum Gasteiger partial charge on any atom is -0.491 e. The number of para-hydroxylation sites is 1. The van der Waals surface area contributed by atoms with Crippen LogP contribution in [0.4, 0.5) is 0 Å². The van der Waals surface area contributed by atoms with Crippen LogP contribution in [0.25, 0.3) is 0 Å².